The molecule has 2 rings (SSSR count). The molecule has 2 aliphatic carbocycles. The van der Waals surface area contributed by atoms with Gasteiger partial charge in [-0.25, -0.2) is 8.42 Å². The molecule has 2 aliphatic rings. The first-order valence-corrected chi connectivity index (χ1v) is 6.92. The Kier molecular flexibility index (Phi) is 2.58. The van der Waals surface area contributed by atoms with Crippen LogP contribution in [-0.4, -0.2) is 25.1 Å². The van der Waals surface area contributed by atoms with Gasteiger partial charge in [-0.3, -0.25) is 9.52 Å². The minimum atomic E-state index is -3.51. The summed E-state index contributed by atoms with van der Waals surface area (Å²) in [7, 11) is -3.51. The Labute approximate surface area is 95.1 Å². The summed E-state index contributed by atoms with van der Waals surface area (Å²) in [4.78, 5) is 11.7. The van der Waals surface area contributed by atoms with Crippen molar-refractivity contribution in [3.8, 4) is 0 Å². The molecule has 0 saturated heterocycles. The molecule has 2 fully saturated rings. The number of carbonyl (C=O) groups is 1. The van der Waals surface area contributed by atoms with Crippen LogP contribution in [0.3, 0.4) is 0 Å². The smallest absolute Gasteiger partial charge is 0.254 e. The normalized spacial score (nSPS) is 33.9. The highest BCUT2D eigenvalue weighted by Crippen LogP contribution is 2.42. The zero-order valence-electron chi connectivity index (χ0n) is 8.98. The van der Waals surface area contributed by atoms with Crippen molar-refractivity contribution in [3.05, 3.63) is 12.7 Å². The van der Waals surface area contributed by atoms with E-state index < -0.39 is 26.7 Å². The van der Waals surface area contributed by atoms with Gasteiger partial charge in [-0.2, -0.15) is 0 Å². The molecule has 5 nitrogen and oxygen atoms in total. The van der Waals surface area contributed by atoms with Crippen molar-refractivity contribution in [3.63, 3.8) is 0 Å². The summed E-state index contributed by atoms with van der Waals surface area (Å²) in [6.07, 6.45) is 4.23. The molecular weight excluding hydrogens is 228 g/mol. The van der Waals surface area contributed by atoms with E-state index in [-0.39, 0.29) is 5.92 Å². The molecule has 0 aromatic carbocycles. The van der Waals surface area contributed by atoms with E-state index in [9.17, 15) is 13.2 Å². The van der Waals surface area contributed by atoms with Crippen molar-refractivity contribution in [2.24, 2.45) is 11.7 Å². The number of hydrogen-bond donors (Lipinski definition) is 2. The van der Waals surface area contributed by atoms with Gasteiger partial charge in [0, 0.05) is 5.92 Å². The maximum atomic E-state index is 11.7. The van der Waals surface area contributed by atoms with Crippen LogP contribution in [0.4, 0.5) is 0 Å². The van der Waals surface area contributed by atoms with E-state index in [0.717, 1.165) is 6.42 Å². The molecule has 1 amide bonds. The highest BCUT2D eigenvalue weighted by Gasteiger charge is 2.56. The lowest BCUT2D eigenvalue weighted by Crippen LogP contribution is -2.50. The molecule has 0 heterocycles. The zero-order valence-corrected chi connectivity index (χ0v) is 9.79. The molecule has 90 valence electrons. The van der Waals surface area contributed by atoms with Crippen LogP contribution >= 0.6 is 0 Å². The van der Waals surface area contributed by atoms with Gasteiger partial charge in [-0.15, -0.1) is 6.58 Å². The molecule has 16 heavy (non-hydrogen) atoms. The van der Waals surface area contributed by atoms with Crippen LogP contribution in [0.5, 0.6) is 0 Å². The molecule has 6 heteroatoms. The van der Waals surface area contributed by atoms with Crippen LogP contribution in [-0.2, 0) is 14.8 Å². The first-order chi connectivity index (χ1) is 7.40. The van der Waals surface area contributed by atoms with Crippen LogP contribution < -0.4 is 10.5 Å². The number of carbonyl (C=O) groups excluding carboxylic acids is 1. The fraction of sp³-hybridized carbons (Fsp3) is 0.700. The summed E-state index contributed by atoms with van der Waals surface area (Å²) in [5.74, 6) is -0.701. The lowest BCUT2D eigenvalue weighted by molar-refractivity contribution is -0.121. The Bertz CT molecular complexity index is 427. The Morgan fingerprint density at radius 3 is 2.50 bits per heavy atom. The van der Waals surface area contributed by atoms with E-state index in [0.29, 0.717) is 19.3 Å². The minimum Gasteiger partial charge on any atom is -0.317 e. The summed E-state index contributed by atoms with van der Waals surface area (Å²) >= 11 is 0. The highest BCUT2D eigenvalue weighted by atomic mass is 32.2. The minimum absolute atomic E-state index is 0.107. The second-order valence-electron chi connectivity index (χ2n) is 4.62. The molecule has 0 aromatic rings. The molecule has 0 aromatic heterocycles. The van der Waals surface area contributed by atoms with Crippen molar-refractivity contribution >= 4 is 15.9 Å². The molecule has 2 saturated carbocycles. The summed E-state index contributed by atoms with van der Waals surface area (Å²) < 4.78 is 25.4. The molecule has 0 radical (unpaired) electrons. The number of hydrogen-bond acceptors (Lipinski definition) is 4. The van der Waals surface area contributed by atoms with Gasteiger partial charge in [0.15, 0.2) is 0 Å². The Balaban J connectivity index is 2.00. The van der Waals surface area contributed by atoms with Gasteiger partial charge < -0.3 is 5.73 Å². The van der Waals surface area contributed by atoms with Crippen molar-refractivity contribution in [2.45, 2.75) is 36.5 Å². The van der Waals surface area contributed by atoms with E-state index in [2.05, 4.69) is 11.3 Å². The van der Waals surface area contributed by atoms with Crippen molar-refractivity contribution in [2.75, 3.05) is 0 Å². The lowest BCUT2D eigenvalue weighted by atomic mass is 10.0. The summed E-state index contributed by atoms with van der Waals surface area (Å²) in [6.45, 7) is 3.55. The Morgan fingerprint density at radius 1 is 1.50 bits per heavy atom. The zero-order chi connectivity index (χ0) is 12.0. The summed E-state index contributed by atoms with van der Waals surface area (Å²) in [6, 6.07) is 0. The van der Waals surface area contributed by atoms with Crippen LogP contribution in [0.1, 0.15) is 25.7 Å². The predicted molar refractivity (Wildman–Crippen MR) is 59.9 cm³/mol. The van der Waals surface area contributed by atoms with Gasteiger partial charge in [0.25, 0.3) is 5.91 Å². The van der Waals surface area contributed by atoms with Gasteiger partial charge in [0.2, 0.25) is 10.0 Å². The molecular formula is C10H16N2O3S. The molecule has 3 N–H and O–H groups in total. The molecule has 0 aliphatic heterocycles. The lowest BCUT2D eigenvalue weighted by Gasteiger charge is -2.25. The topological polar surface area (TPSA) is 89.3 Å². The van der Waals surface area contributed by atoms with E-state index in [4.69, 9.17) is 5.73 Å². The van der Waals surface area contributed by atoms with E-state index >= 15 is 0 Å². The van der Waals surface area contributed by atoms with Gasteiger partial charge in [0.05, 0.1) is 5.25 Å². The number of rotatable bonds is 4. The van der Waals surface area contributed by atoms with Gasteiger partial charge in [0.1, 0.15) is 5.54 Å². The van der Waals surface area contributed by atoms with Gasteiger partial charge in [-0.1, -0.05) is 12.5 Å². The van der Waals surface area contributed by atoms with Crippen LogP contribution in [0.2, 0.25) is 0 Å². The third kappa shape index (κ3) is 1.76. The number of nitrogens with two attached hydrogens (primary N) is 1. The fourth-order valence-corrected chi connectivity index (χ4v) is 3.42. The standard InChI is InChI=1S/C10H16N2O3S/c1-2-7-6-10(7,11)9(13)12-16(14,15)8-4-3-5-8/h2,7-8H,1,3-6,11H2,(H,12,13)/t7-,10-/m1/s1. The number of amides is 1. The number of nitrogens with one attached hydrogen (secondary N) is 1. The van der Waals surface area contributed by atoms with Crippen LogP contribution in [0, 0.1) is 5.92 Å². The highest BCUT2D eigenvalue weighted by molar-refractivity contribution is 7.90. The third-order valence-corrected chi connectivity index (χ3v) is 5.31. The molecule has 0 bridgehead atoms. The van der Waals surface area contributed by atoms with Crippen LogP contribution in [0.15, 0.2) is 12.7 Å². The molecule has 2 atom stereocenters. The second-order valence-corrected chi connectivity index (χ2v) is 6.58. The maximum Gasteiger partial charge on any atom is 0.254 e. The monoisotopic (exact) mass is 244 g/mol. The average Bonchev–Trinajstić information content (AvgIpc) is 2.73. The second kappa shape index (κ2) is 3.56. The SMILES string of the molecule is C=C[C@@H]1C[C@]1(N)C(=O)NS(=O)(=O)C1CCC1. The third-order valence-electron chi connectivity index (χ3n) is 3.49. The quantitative estimate of drug-likeness (QED) is 0.675. The first-order valence-electron chi connectivity index (χ1n) is 5.37. The maximum absolute atomic E-state index is 11.7. The summed E-state index contributed by atoms with van der Waals surface area (Å²) in [5, 5.41) is -0.416. The number of sulfonamides is 1. The van der Waals surface area contributed by atoms with Gasteiger partial charge in [-0.05, 0) is 19.3 Å². The largest absolute Gasteiger partial charge is 0.317 e. The van der Waals surface area contributed by atoms with Crippen molar-refractivity contribution in [1.82, 2.24) is 4.72 Å². The molecule has 0 spiro atoms. The van der Waals surface area contributed by atoms with E-state index in [1.807, 2.05) is 0 Å². The van der Waals surface area contributed by atoms with E-state index in [1.54, 1.807) is 6.08 Å². The first kappa shape index (κ1) is 11.6. The molecule has 0 unspecified atom stereocenters. The van der Waals surface area contributed by atoms with E-state index in [1.165, 1.54) is 0 Å². The Morgan fingerprint density at radius 2 is 2.12 bits per heavy atom. The van der Waals surface area contributed by atoms with Gasteiger partial charge >= 0.3 is 0 Å². The Hall–Kier alpha value is -0.880. The average molecular weight is 244 g/mol. The van der Waals surface area contributed by atoms with Crippen LogP contribution in [0.25, 0.3) is 0 Å². The summed E-state index contributed by atoms with van der Waals surface area (Å²) in [5.41, 5.74) is 4.71. The van der Waals surface area contributed by atoms with Crippen molar-refractivity contribution in [1.29, 1.82) is 0 Å². The predicted octanol–water partition coefficient (Wildman–Crippen LogP) is -0.112. The fourth-order valence-electron chi connectivity index (χ4n) is 1.85. The van der Waals surface area contributed by atoms with Crippen molar-refractivity contribution < 1.29 is 13.2 Å².